The number of nitrogens with zero attached hydrogens (tertiary/aromatic N) is 3. The standard InChI is InChI=1S/C22H37N5O3/c1-5-26(6-2)12-11-23-21(28)22(29)24-17-20(27-13-15-30-16-14-27)18-7-9-19(10-8-18)25(3)4/h7-10,20H,5-6,11-17H2,1-4H3,(H,23,28)(H,24,29). The summed E-state index contributed by atoms with van der Waals surface area (Å²) in [5.74, 6) is -1.16. The van der Waals surface area contributed by atoms with E-state index in [1.807, 2.05) is 14.1 Å². The summed E-state index contributed by atoms with van der Waals surface area (Å²) in [5, 5.41) is 5.54. The molecule has 1 saturated heterocycles. The molecule has 0 spiro atoms. The Morgan fingerprint density at radius 3 is 2.20 bits per heavy atom. The van der Waals surface area contributed by atoms with E-state index in [4.69, 9.17) is 4.74 Å². The third kappa shape index (κ3) is 7.27. The number of morpholine rings is 1. The van der Waals surface area contributed by atoms with E-state index in [1.54, 1.807) is 0 Å². The van der Waals surface area contributed by atoms with Gasteiger partial charge >= 0.3 is 11.8 Å². The van der Waals surface area contributed by atoms with Crippen LogP contribution < -0.4 is 15.5 Å². The van der Waals surface area contributed by atoms with Crippen LogP contribution in [0.25, 0.3) is 0 Å². The van der Waals surface area contributed by atoms with Crippen molar-refractivity contribution in [2.75, 3.05) is 78.0 Å². The molecule has 1 aromatic carbocycles. The van der Waals surface area contributed by atoms with E-state index in [0.717, 1.165) is 44.0 Å². The predicted molar refractivity (Wildman–Crippen MR) is 120 cm³/mol. The van der Waals surface area contributed by atoms with Crippen molar-refractivity contribution in [1.82, 2.24) is 20.4 Å². The van der Waals surface area contributed by atoms with Gasteiger partial charge in [-0.25, -0.2) is 0 Å². The molecule has 2 N–H and O–H groups in total. The maximum atomic E-state index is 12.3. The summed E-state index contributed by atoms with van der Waals surface area (Å²) in [6, 6.07) is 8.32. The minimum absolute atomic E-state index is 0.00228. The number of anilines is 1. The van der Waals surface area contributed by atoms with Gasteiger partial charge in [0.1, 0.15) is 0 Å². The van der Waals surface area contributed by atoms with Crippen LogP contribution in [-0.4, -0.2) is 94.7 Å². The monoisotopic (exact) mass is 419 g/mol. The summed E-state index contributed by atoms with van der Waals surface area (Å²) in [6.45, 7) is 10.5. The number of carbonyl (C=O) groups is 2. The van der Waals surface area contributed by atoms with Crippen molar-refractivity contribution in [1.29, 1.82) is 0 Å². The van der Waals surface area contributed by atoms with Gasteiger partial charge in [-0.05, 0) is 30.8 Å². The maximum Gasteiger partial charge on any atom is 0.309 e. The number of hydrogen-bond donors (Lipinski definition) is 2. The average molecular weight is 420 g/mol. The second-order valence-electron chi connectivity index (χ2n) is 7.64. The van der Waals surface area contributed by atoms with Gasteiger partial charge in [0.2, 0.25) is 0 Å². The SMILES string of the molecule is CCN(CC)CCNC(=O)C(=O)NCC(c1ccc(N(C)C)cc1)N1CCOCC1. The lowest BCUT2D eigenvalue weighted by atomic mass is 10.0. The van der Waals surface area contributed by atoms with Gasteiger partial charge in [-0.15, -0.1) is 0 Å². The largest absolute Gasteiger partial charge is 0.379 e. The molecule has 0 saturated carbocycles. The van der Waals surface area contributed by atoms with Crippen LogP contribution >= 0.6 is 0 Å². The zero-order valence-corrected chi connectivity index (χ0v) is 18.8. The Morgan fingerprint density at radius 1 is 1.03 bits per heavy atom. The lowest BCUT2D eigenvalue weighted by Gasteiger charge is -2.35. The van der Waals surface area contributed by atoms with Gasteiger partial charge in [0.05, 0.1) is 19.3 Å². The zero-order valence-electron chi connectivity index (χ0n) is 18.8. The molecule has 0 aliphatic carbocycles. The van der Waals surface area contributed by atoms with Crippen LogP contribution in [0.3, 0.4) is 0 Å². The third-order valence-corrected chi connectivity index (χ3v) is 5.55. The van der Waals surface area contributed by atoms with E-state index < -0.39 is 11.8 Å². The van der Waals surface area contributed by atoms with E-state index in [0.29, 0.717) is 26.3 Å². The lowest BCUT2D eigenvalue weighted by Crippen LogP contribution is -2.47. The number of rotatable bonds is 10. The number of nitrogens with one attached hydrogen (secondary N) is 2. The number of amides is 2. The molecule has 1 atom stereocenters. The molecule has 1 fully saturated rings. The fraction of sp³-hybridized carbons (Fsp3) is 0.636. The first-order valence-electron chi connectivity index (χ1n) is 10.8. The number of benzene rings is 1. The van der Waals surface area contributed by atoms with Gasteiger partial charge in [-0.2, -0.15) is 0 Å². The van der Waals surface area contributed by atoms with Crippen molar-refractivity contribution >= 4 is 17.5 Å². The summed E-state index contributed by atoms with van der Waals surface area (Å²) < 4.78 is 5.48. The lowest BCUT2D eigenvalue weighted by molar-refractivity contribution is -0.139. The summed E-state index contributed by atoms with van der Waals surface area (Å²) in [6.07, 6.45) is 0. The van der Waals surface area contributed by atoms with Crippen LogP contribution in [0.5, 0.6) is 0 Å². The Bertz CT molecular complexity index is 655. The molecule has 1 aromatic rings. The fourth-order valence-corrected chi connectivity index (χ4v) is 3.56. The van der Waals surface area contributed by atoms with E-state index >= 15 is 0 Å². The van der Waals surface area contributed by atoms with Crippen LogP contribution in [0, 0.1) is 0 Å². The molecule has 1 unspecified atom stereocenters. The summed E-state index contributed by atoms with van der Waals surface area (Å²) in [5.41, 5.74) is 2.24. The molecule has 8 nitrogen and oxygen atoms in total. The first-order chi connectivity index (χ1) is 14.5. The number of ether oxygens (including phenoxy) is 1. The van der Waals surface area contributed by atoms with Crippen LogP contribution in [0.1, 0.15) is 25.5 Å². The fourth-order valence-electron chi connectivity index (χ4n) is 3.56. The Balaban J connectivity index is 1.95. The van der Waals surface area contributed by atoms with Crippen LogP contribution in [0.2, 0.25) is 0 Å². The topological polar surface area (TPSA) is 77.2 Å². The molecule has 1 heterocycles. The minimum atomic E-state index is -0.585. The molecular formula is C22H37N5O3. The van der Waals surface area contributed by atoms with Gasteiger partial charge in [0, 0.05) is 52.5 Å². The Kier molecular flexibility index (Phi) is 10.1. The number of likely N-dealkylation sites (N-methyl/N-ethyl adjacent to an activating group) is 1. The molecule has 8 heteroatoms. The highest BCUT2D eigenvalue weighted by Crippen LogP contribution is 2.23. The quantitative estimate of drug-likeness (QED) is 0.544. The van der Waals surface area contributed by atoms with Gasteiger partial charge < -0.3 is 25.2 Å². The van der Waals surface area contributed by atoms with Crippen molar-refractivity contribution in [2.24, 2.45) is 0 Å². The molecule has 2 rings (SSSR count). The highest BCUT2D eigenvalue weighted by atomic mass is 16.5. The highest BCUT2D eigenvalue weighted by Gasteiger charge is 2.24. The Labute approximate surface area is 180 Å². The van der Waals surface area contributed by atoms with Crippen LogP contribution in [0.4, 0.5) is 5.69 Å². The second-order valence-corrected chi connectivity index (χ2v) is 7.64. The summed E-state index contributed by atoms with van der Waals surface area (Å²) in [4.78, 5) is 31.0. The number of hydrogen-bond acceptors (Lipinski definition) is 6. The van der Waals surface area contributed by atoms with Crippen molar-refractivity contribution in [3.63, 3.8) is 0 Å². The molecule has 0 radical (unpaired) electrons. The first kappa shape index (κ1) is 24.1. The van der Waals surface area contributed by atoms with Gasteiger partial charge in [0.15, 0.2) is 0 Å². The number of carbonyl (C=O) groups excluding carboxylic acids is 2. The van der Waals surface area contributed by atoms with Crippen molar-refractivity contribution in [3.8, 4) is 0 Å². The second kappa shape index (κ2) is 12.5. The molecule has 1 aliphatic rings. The molecule has 30 heavy (non-hydrogen) atoms. The van der Waals surface area contributed by atoms with Gasteiger partial charge in [0.25, 0.3) is 0 Å². The van der Waals surface area contributed by atoms with Crippen LogP contribution in [-0.2, 0) is 14.3 Å². The highest BCUT2D eigenvalue weighted by molar-refractivity contribution is 6.35. The zero-order chi connectivity index (χ0) is 21.9. The molecular weight excluding hydrogens is 382 g/mol. The van der Waals surface area contributed by atoms with E-state index in [-0.39, 0.29) is 6.04 Å². The molecule has 0 aromatic heterocycles. The van der Waals surface area contributed by atoms with Crippen molar-refractivity contribution in [2.45, 2.75) is 19.9 Å². The van der Waals surface area contributed by atoms with Gasteiger partial charge in [-0.1, -0.05) is 26.0 Å². The predicted octanol–water partition coefficient (Wildman–Crippen LogP) is 0.700. The first-order valence-corrected chi connectivity index (χ1v) is 10.8. The van der Waals surface area contributed by atoms with Crippen molar-refractivity contribution in [3.05, 3.63) is 29.8 Å². The van der Waals surface area contributed by atoms with Crippen LogP contribution in [0.15, 0.2) is 24.3 Å². The Hall–Kier alpha value is -2.16. The molecule has 2 amide bonds. The van der Waals surface area contributed by atoms with E-state index in [1.165, 1.54) is 0 Å². The normalized spacial score (nSPS) is 15.6. The van der Waals surface area contributed by atoms with Gasteiger partial charge in [-0.3, -0.25) is 14.5 Å². The van der Waals surface area contributed by atoms with E-state index in [2.05, 4.69) is 63.4 Å². The molecule has 0 bridgehead atoms. The Morgan fingerprint density at radius 2 is 1.63 bits per heavy atom. The summed E-state index contributed by atoms with van der Waals surface area (Å²) in [7, 11) is 4.01. The van der Waals surface area contributed by atoms with Crippen molar-refractivity contribution < 1.29 is 14.3 Å². The van der Waals surface area contributed by atoms with E-state index in [9.17, 15) is 9.59 Å². The maximum absolute atomic E-state index is 12.3. The smallest absolute Gasteiger partial charge is 0.309 e. The molecule has 168 valence electrons. The minimum Gasteiger partial charge on any atom is -0.379 e. The third-order valence-electron chi connectivity index (χ3n) is 5.55. The molecule has 1 aliphatic heterocycles. The average Bonchev–Trinajstić information content (AvgIpc) is 2.77. The summed E-state index contributed by atoms with van der Waals surface area (Å²) >= 11 is 0.